The third-order valence-electron chi connectivity index (χ3n) is 3.37. The molecule has 0 aromatic heterocycles. The van der Waals surface area contributed by atoms with E-state index in [4.69, 9.17) is 4.74 Å². The molecule has 0 aromatic carbocycles. The molecular formula is C11H20N2O3. The van der Waals surface area contributed by atoms with Gasteiger partial charge in [-0.15, -0.1) is 0 Å². The van der Waals surface area contributed by atoms with Crippen LogP contribution in [-0.4, -0.2) is 60.9 Å². The summed E-state index contributed by atoms with van der Waals surface area (Å²) in [6, 6.07) is 0. The van der Waals surface area contributed by atoms with Crippen molar-refractivity contribution in [3.8, 4) is 0 Å². The van der Waals surface area contributed by atoms with Crippen LogP contribution in [0.1, 0.15) is 19.3 Å². The van der Waals surface area contributed by atoms with Gasteiger partial charge in [-0.2, -0.15) is 0 Å². The molecule has 0 atom stereocenters. The van der Waals surface area contributed by atoms with Gasteiger partial charge >= 0.3 is 0 Å². The summed E-state index contributed by atoms with van der Waals surface area (Å²) >= 11 is 0. The molecule has 0 saturated carbocycles. The molecule has 2 aliphatic rings. The third kappa shape index (κ3) is 2.93. The van der Waals surface area contributed by atoms with Gasteiger partial charge < -0.3 is 20.1 Å². The van der Waals surface area contributed by atoms with E-state index in [1.807, 2.05) is 4.90 Å². The van der Waals surface area contributed by atoms with Gasteiger partial charge in [0.15, 0.2) is 0 Å². The van der Waals surface area contributed by atoms with E-state index in [2.05, 4.69) is 5.32 Å². The Bertz CT molecular complexity index is 246. The summed E-state index contributed by atoms with van der Waals surface area (Å²) in [5.41, 5.74) is -0.833. The lowest BCUT2D eigenvalue weighted by Gasteiger charge is -2.35. The molecule has 0 spiro atoms. The standard InChI is InChI=1S/C11H20N2O3/c14-10(13-5-3-12-4-6-13)9-11(15)1-7-16-8-2-11/h12,15H,1-9H2. The lowest BCUT2D eigenvalue weighted by Crippen LogP contribution is -2.49. The highest BCUT2D eigenvalue weighted by Crippen LogP contribution is 2.24. The van der Waals surface area contributed by atoms with Crippen molar-refractivity contribution in [2.75, 3.05) is 39.4 Å². The second-order valence-corrected chi connectivity index (χ2v) is 4.64. The summed E-state index contributed by atoms with van der Waals surface area (Å²) in [6.45, 7) is 4.34. The van der Waals surface area contributed by atoms with Crippen LogP contribution in [0.25, 0.3) is 0 Å². The molecule has 2 N–H and O–H groups in total. The molecule has 2 heterocycles. The summed E-state index contributed by atoms with van der Waals surface area (Å²) in [6.07, 6.45) is 1.39. The van der Waals surface area contributed by atoms with Crippen molar-refractivity contribution in [1.29, 1.82) is 0 Å². The molecule has 1 amide bonds. The maximum Gasteiger partial charge on any atom is 0.225 e. The number of aliphatic hydroxyl groups is 1. The lowest BCUT2D eigenvalue weighted by molar-refractivity contribution is -0.141. The fraction of sp³-hybridized carbons (Fsp3) is 0.909. The molecule has 16 heavy (non-hydrogen) atoms. The summed E-state index contributed by atoms with van der Waals surface area (Å²) in [7, 11) is 0. The van der Waals surface area contributed by atoms with E-state index in [0.717, 1.165) is 26.2 Å². The highest BCUT2D eigenvalue weighted by atomic mass is 16.5. The zero-order chi connectivity index (χ0) is 11.4. The van der Waals surface area contributed by atoms with Crippen molar-refractivity contribution in [2.45, 2.75) is 24.9 Å². The Morgan fingerprint density at radius 1 is 1.31 bits per heavy atom. The summed E-state index contributed by atoms with van der Waals surface area (Å²) < 4.78 is 5.20. The second kappa shape index (κ2) is 5.12. The number of hydrogen-bond donors (Lipinski definition) is 2. The molecular weight excluding hydrogens is 208 g/mol. The number of nitrogens with one attached hydrogen (secondary N) is 1. The van der Waals surface area contributed by atoms with E-state index < -0.39 is 5.60 Å². The van der Waals surface area contributed by atoms with Crippen LogP contribution in [0, 0.1) is 0 Å². The molecule has 0 aliphatic carbocycles. The molecule has 2 rings (SSSR count). The van der Waals surface area contributed by atoms with E-state index in [-0.39, 0.29) is 12.3 Å². The van der Waals surface area contributed by atoms with Gasteiger partial charge in [-0.1, -0.05) is 0 Å². The first-order chi connectivity index (χ1) is 7.70. The smallest absolute Gasteiger partial charge is 0.225 e. The van der Waals surface area contributed by atoms with Crippen LogP contribution in [0.4, 0.5) is 0 Å². The predicted molar refractivity (Wildman–Crippen MR) is 59.1 cm³/mol. The molecule has 0 radical (unpaired) electrons. The molecule has 92 valence electrons. The topological polar surface area (TPSA) is 61.8 Å². The Balaban J connectivity index is 1.85. The average Bonchev–Trinajstić information content (AvgIpc) is 2.30. The van der Waals surface area contributed by atoms with Gasteiger partial charge in [0.2, 0.25) is 5.91 Å². The number of carbonyl (C=O) groups is 1. The molecule has 2 fully saturated rings. The highest BCUT2D eigenvalue weighted by Gasteiger charge is 2.34. The largest absolute Gasteiger partial charge is 0.389 e. The van der Waals surface area contributed by atoms with Gasteiger partial charge in [-0.3, -0.25) is 4.79 Å². The summed E-state index contributed by atoms with van der Waals surface area (Å²) in [5, 5.41) is 13.4. The highest BCUT2D eigenvalue weighted by molar-refractivity contribution is 5.77. The number of carbonyl (C=O) groups excluding carboxylic acids is 1. The molecule has 5 nitrogen and oxygen atoms in total. The molecule has 0 unspecified atom stereocenters. The van der Waals surface area contributed by atoms with Crippen molar-refractivity contribution in [1.82, 2.24) is 10.2 Å². The Kier molecular flexibility index (Phi) is 3.78. The van der Waals surface area contributed by atoms with Crippen molar-refractivity contribution in [2.24, 2.45) is 0 Å². The maximum absolute atomic E-state index is 12.0. The fourth-order valence-corrected chi connectivity index (χ4v) is 2.24. The fourth-order valence-electron chi connectivity index (χ4n) is 2.24. The SMILES string of the molecule is O=C(CC1(O)CCOCC1)N1CCNCC1. The third-order valence-corrected chi connectivity index (χ3v) is 3.37. The van der Waals surface area contributed by atoms with Crippen LogP contribution in [0.3, 0.4) is 0 Å². The first-order valence-corrected chi connectivity index (χ1v) is 5.98. The van der Waals surface area contributed by atoms with Gasteiger partial charge in [-0.05, 0) is 0 Å². The van der Waals surface area contributed by atoms with Gasteiger partial charge in [0.1, 0.15) is 0 Å². The molecule has 0 bridgehead atoms. The van der Waals surface area contributed by atoms with Crippen LogP contribution in [0.15, 0.2) is 0 Å². The minimum Gasteiger partial charge on any atom is -0.389 e. The van der Waals surface area contributed by atoms with Crippen molar-refractivity contribution in [3.05, 3.63) is 0 Å². The van der Waals surface area contributed by atoms with Crippen molar-refractivity contribution >= 4 is 5.91 Å². The number of ether oxygens (including phenoxy) is 1. The van der Waals surface area contributed by atoms with Crippen LogP contribution in [0.5, 0.6) is 0 Å². The van der Waals surface area contributed by atoms with Gasteiger partial charge in [0.25, 0.3) is 0 Å². The van der Waals surface area contributed by atoms with E-state index in [1.54, 1.807) is 0 Å². The number of amides is 1. The summed E-state index contributed by atoms with van der Waals surface area (Å²) in [5.74, 6) is 0.0749. The maximum atomic E-state index is 12.0. The zero-order valence-electron chi connectivity index (χ0n) is 9.57. The Morgan fingerprint density at radius 3 is 2.56 bits per heavy atom. The van der Waals surface area contributed by atoms with Crippen LogP contribution in [-0.2, 0) is 9.53 Å². The average molecular weight is 228 g/mol. The van der Waals surface area contributed by atoms with Gasteiger partial charge in [-0.25, -0.2) is 0 Å². The Morgan fingerprint density at radius 2 is 1.94 bits per heavy atom. The van der Waals surface area contributed by atoms with E-state index in [1.165, 1.54) is 0 Å². The zero-order valence-corrected chi connectivity index (χ0v) is 9.57. The summed E-state index contributed by atoms with van der Waals surface area (Å²) in [4.78, 5) is 13.8. The Hall–Kier alpha value is -0.650. The molecule has 0 aromatic rings. The quantitative estimate of drug-likeness (QED) is 0.659. The van der Waals surface area contributed by atoms with Gasteiger partial charge in [0, 0.05) is 52.2 Å². The van der Waals surface area contributed by atoms with E-state index >= 15 is 0 Å². The first kappa shape index (κ1) is 11.8. The number of piperazine rings is 1. The molecule has 2 saturated heterocycles. The number of hydrogen-bond acceptors (Lipinski definition) is 4. The minimum atomic E-state index is -0.833. The second-order valence-electron chi connectivity index (χ2n) is 4.64. The van der Waals surface area contributed by atoms with Crippen molar-refractivity contribution in [3.63, 3.8) is 0 Å². The lowest BCUT2D eigenvalue weighted by atomic mass is 9.90. The number of nitrogens with zero attached hydrogens (tertiary/aromatic N) is 1. The van der Waals surface area contributed by atoms with E-state index in [0.29, 0.717) is 26.1 Å². The van der Waals surface area contributed by atoms with Crippen LogP contribution in [0.2, 0.25) is 0 Å². The monoisotopic (exact) mass is 228 g/mol. The van der Waals surface area contributed by atoms with E-state index in [9.17, 15) is 9.90 Å². The number of rotatable bonds is 2. The van der Waals surface area contributed by atoms with Crippen molar-refractivity contribution < 1.29 is 14.6 Å². The molecule has 5 heteroatoms. The minimum absolute atomic E-state index is 0.0749. The predicted octanol–water partition coefficient (Wildman–Crippen LogP) is -0.650. The normalized spacial score (nSPS) is 25.4. The van der Waals surface area contributed by atoms with Crippen LogP contribution < -0.4 is 5.32 Å². The molecule has 2 aliphatic heterocycles. The first-order valence-electron chi connectivity index (χ1n) is 5.98. The van der Waals surface area contributed by atoms with Gasteiger partial charge in [0.05, 0.1) is 12.0 Å². The van der Waals surface area contributed by atoms with Crippen LogP contribution >= 0.6 is 0 Å². The Labute approximate surface area is 95.8 Å².